The summed E-state index contributed by atoms with van der Waals surface area (Å²) in [5.74, 6) is -1.22. The molecule has 1 aromatic carbocycles. The number of aliphatic carboxylic acids is 1. The van der Waals surface area contributed by atoms with Crippen LogP contribution in [-0.2, 0) is 11.8 Å². The van der Waals surface area contributed by atoms with E-state index >= 15 is 0 Å². The van der Waals surface area contributed by atoms with Crippen molar-refractivity contribution in [1.29, 1.82) is 0 Å². The minimum atomic E-state index is -0.877. The first kappa shape index (κ1) is 19.0. The standard InChI is InChI=1S/C22H24N4O3/c1-14-9-10-15(2)26(14)20-17(11-23-24(20)3)21(27)25-12-18(19(13-25)22(28)29)16-7-5-4-6-8-16/h4-11,18-19H,12-13H2,1-3H3,(H,28,29)/t18-,19-/m0/s1. The van der Waals surface area contributed by atoms with Crippen LogP contribution < -0.4 is 0 Å². The number of hydrogen-bond donors (Lipinski definition) is 1. The molecule has 4 rings (SSSR count). The zero-order valence-corrected chi connectivity index (χ0v) is 16.7. The number of amides is 1. The zero-order chi connectivity index (χ0) is 20.7. The zero-order valence-electron chi connectivity index (χ0n) is 16.7. The van der Waals surface area contributed by atoms with E-state index in [0.29, 0.717) is 17.9 Å². The molecule has 0 aliphatic carbocycles. The van der Waals surface area contributed by atoms with Crippen LogP contribution in [0.1, 0.15) is 33.2 Å². The van der Waals surface area contributed by atoms with Crippen molar-refractivity contribution in [3.63, 3.8) is 0 Å². The maximum Gasteiger partial charge on any atom is 0.308 e. The molecule has 150 valence electrons. The molecule has 3 heterocycles. The van der Waals surface area contributed by atoms with Gasteiger partial charge >= 0.3 is 5.97 Å². The van der Waals surface area contributed by atoms with Gasteiger partial charge in [-0.15, -0.1) is 0 Å². The molecule has 0 bridgehead atoms. The van der Waals surface area contributed by atoms with E-state index in [-0.39, 0.29) is 18.4 Å². The molecule has 1 fully saturated rings. The van der Waals surface area contributed by atoms with Crippen LogP contribution in [0.2, 0.25) is 0 Å². The van der Waals surface area contributed by atoms with Crippen LogP contribution in [-0.4, -0.2) is 49.3 Å². The van der Waals surface area contributed by atoms with Gasteiger partial charge in [-0.1, -0.05) is 30.3 Å². The van der Waals surface area contributed by atoms with E-state index in [9.17, 15) is 14.7 Å². The van der Waals surface area contributed by atoms with Gasteiger partial charge in [-0.2, -0.15) is 5.10 Å². The lowest BCUT2D eigenvalue weighted by Crippen LogP contribution is -2.30. The third-order valence-electron chi connectivity index (χ3n) is 5.77. The fraction of sp³-hybridized carbons (Fsp3) is 0.318. The lowest BCUT2D eigenvalue weighted by Gasteiger charge is -2.18. The number of carboxylic acid groups (broad SMARTS) is 1. The number of aromatic nitrogens is 3. The summed E-state index contributed by atoms with van der Waals surface area (Å²) < 4.78 is 3.69. The van der Waals surface area contributed by atoms with Gasteiger partial charge in [-0.05, 0) is 31.5 Å². The predicted octanol–water partition coefficient (Wildman–Crippen LogP) is 2.77. The number of likely N-dealkylation sites (tertiary alicyclic amines) is 1. The predicted molar refractivity (Wildman–Crippen MR) is 108 cm³/mol. The molecule has 0 radical (unpaired) electrons. The molecule has 0 saturated carbocycles. The van der Waals surface area contributed by atoms with Crippen LogP contribution in [0.15, 0.2) is 48.7 Å². The monoisotopic (exact) mass is 392 g/mol. The SMILES string of the molecule is Cc1ccc(C)n1-c1c(C(=O)N2C[C@H](C(=O)O)[C@H](c3ccccc3)C2)cnn1C. The Hall–Kier alpha value is -3.35. The maximum absolute atomic E-state index is 13.4. The van der Waals surface area contributed by atoms with Crippen LogP contribution in [0, 0.1) is 19.8 Å². The van der Waals surface area contributed by atoms with Gasteiger partial charge in [0.1, 0.15) is 11.4 Å². The summed E-state index contributed by atoms with van der Waals surface area (Å²) in [6.07, 6.45) is 1.57. The minimum absolute atomic E-state index is 0.186. The highest BCUT2D eigenvalue weighted by Gasteiger charge is 2.41. The second-order valence-electron chi connectivity index (χ2n) is 7.63. The normalized spacial score (nSPS) is 18.9. The van der Waals surface area contributed by atoms with E-state index in [1.54, 1.807) is 15.8 Å². The number of carbonyl (C=O) groups is 2. The highest BCUT2D eigenvalue weighted by Crippen LogP contribution is 2.34. The summed E-state index contributed by atoms with van der Waals surface area (Å²) in [4.78, 5) is 26.9. The van der Waals surface area contributed by atoms with Gasteiger partial charge in [0.05, 0.1) is 12.1 Å². The summed E-state index contributed by atoms with van der Waals surface area (Å²) in [5.41, 5.74) is 3.44. The van der Waals surface area contributed by atoms with E-state index in [1.807, 2.05) is 67.9 Å². The van der Waals surface area contributed by atoms with Crippen LogP contribution in [0.25, 0.3) is 5.82 Å². The quantitative estimate of drug-likeness (QED) is 0.740. The maximum atomic E-state index is 13.4. The van der Waals surface area contributed by atoms with Crippen LogP contribution in [0.4, 0.5) is 0 Å². The van der Waals surface area contributed by atoms with Crippen LogP contribution in [0.3, 0.4) is 0 Å². The summed E-state index contributed by atoms with van der Waals surface area (Å²) in [7, 11) is 1.81. The van der Waals surface area contributed by atoms with Gasteiger partial charge in [0.2, 0.25) is 0 Å². The number of rotatable bonds is 4. The lowest BCUT2D eigenvalue weighted by molar-refractivity contribution is -0.141. The van der Waals surface area contributed by atoms with Gasteiger partial charge in [0.25, 0.3) is 5.91 Å². The number of hydrogen-bond acceptors (Lipinski definition) is 3. The second-order valence-corrected chi connectivity index (χ2v) is 7.63. The molecular formula is C22H24N4O3. The Morgan fingerprint density at radius 2 is 1.69 bits per heavy atom. The molecule has 1 N–H and O–H groups in total. The van der Waals surface area contributed by atoms with Gasteiger partial charge < -0.3 is 14.6 Å². The number of carbonyl (C=O) groups excluding carboxylic acids is 1. The highest BCUT2D eigenvalue weighted by molar-refractivity contribution is 5.98. The van der Waals surface area contributed by atoms with Gasteiger partial charge in [-0.3, -0.25) is 14.3 Å². The van der Waals surface area contributed by atoms with Crippen LogP contribution >= 0.6 is 0 Å². The second kappa shape index (κ2) is 7.24. The van der Waals surface area contributed by atoms with Gasteiger partial charge in [-0.25, -0.2) is 0 Å². The van der Waals surface area contributed by atoms with Crippen molar-refractivity contribution in [2.75, 3.05) is 13.1 Å². The Morgan fingerprint density at radius 3 is 2.31 bits per heavy atom. The average Bonchev–Trinajstić information content (AvgIpc) is 3.40. The number of carboxylic acids is 1. The smallest absolute Gasteiger partial charge is 0.308 e. The molecule has 7 nitrogen and oxygen atoms in total. The first-order chi connectivity index (χ1) is 13.9. The molecule has 7 heteroatoms. The number of benzene rings is 1. The molecule has 3 aromatic rings. The third-order valence-corrected chi connectivity index (χ3v) is 5.77. The van der Waals surface area contributed by atoms with Crippen molar-refractivity contribution in [3.8, 4) is 5.82 Å². The van der Waals surface area contributed by atoms with E-state index < -0.39 is 11.9 Å². The Kier molecular flexibility index (Phi) is 4.74. The van der Waals surface area contributed by atoms with Gasteiger partial charge in [0.15, 0.2) is 0 Å². The van der Waals surface area contributed by atoms with Crippen molar-refractivity contribution < 1.29 is 14.7 Å². The molecule has 1 amide bonds. The first-order valence-corrected chi connectivity index (χ1v) is 9.62. The van der Waals surface area contributed by atoms with Crippen molar-refractivity contribution in [2.24, 2.45) is 13.0 Å². The van der Waals surface area contributed by atoms with E-state index in [4.69, 9.17) is 0 Å². The molecule has 0 unspecified atom stereocenters. The Balaban J connectivity index is 1.69. The molecule has 2 aromatic heterocycles. The molecule has 0 spiro atoms. The Labute approximate surface area is 169 Å². The summed E-state index contributed by atoms with van der Waals surface area (Å²) in [6, 6.07) is 13.6. The topological polar surface area (TPSA) is 80.4 Å². The molecular weight excluding hydrogens is 368 g/mol. The summed E-state index contributed by atoms with van der Waals surface area (Å²) in [6.45, 7) is 4.52. The highest BCUT2D eigenvalue weighted by atomic mass is 16.4. The third kappa shape index (κ3) is 3.22. The van der Waals surface area contributed by atoms with E-state index in [1.165, 1.54) is 0 Å². The molecule has 29 heavy (non-hydrogen) atoms. The Morgan fingerprint density at radius 1 is 1.03 bits per heavy atom. The molecule has 2 atom stereocenters. The fourth-order valence-corrected chi connectivity index (χ4v) is 4.28. The minimum Gasteiger partial charge on any atom is -0.481 e. The van der Waals surface area contributed by atoms with Crippen molar-refractivity contribution >= 4 is 11.9 Å². The van der Waals surface area contributed by atoms with Crippen LogP contribution in [0.5, 0.6) is 0 Å². The largest absolute Gasteiger partial charge is 0.481 e. The van der Waals surface area contributed by atoms with Gasteiger partial charge in [0, 0.05) is 37.4 Å². The first-order valence-electron chi connectivity index (χ1n) is 9.62. The average molecular weight is 392 g/mol. The lowest BCUT2D eigenvalue weighted by atomic mass is 9.89. The van der Waals surface area contributed by atoms with Crippen molar-refractivity contribution in [2.45, 2.75) is 19.8 Å². The fourth-order valence-electron chi connectivity index (χ4n) is 4.28. The number of nitrogens with zero attached hydrogens (tertiary/aromatic N) is 4. The summed E-state index contributed by atoms with van der Waals surface area (Å²) in [5, 5.41) is 14.0. The molecule has 1 saturated heterocycles. The summed E-state index contributed by atoms with van der Waals surface area (Å²) >= 11 is 0. The number of aryl methyl sites for hydroxylation is 3. The van der Waals surface area contributed by atoms with E-state index in [0.717, 1.165) is 17.0 Å². The molecule has 1 aliphatic heterocycles. The Bertz CT molecular complexity index is 1050. The van der Waals surface area contributed by atoms with Crippen molar-refractivity contribution in [1.82, 2.24) is 19.2 Å². The van der Waals surface area contributed by atoms with Crippen molar-refractivity contribution in [3.05, 3.63) is 71.2 Å². The molecule has 1 aliphatic rings. The van der Waals surface area contributed by atoms with E-state index in [2.05, 4.69) is 5.10 Å².